The number of rotatable bonds is 2. The Bertz CT molecular complexity index is 500. The monoisotopic (exact) mass is 259 g/mol. The molecule has 0 saturated heterocycles. The van der Waals surface area contributed by atoms with Crippen molar-refractivity contribution in [3.63, 3.8) is 0 Å². The van der Waals surface area contributed by atoms with Gasteiger partial charge in [-0.1, -0.05) is 18.2 Å². The predicted molar refractivity (Wildman–Crippen MR) is 77.6 cm³/mol. The van der Waals surface area contributed by atoms with E-state index in [0.29, 0.717) is 6.54 Å². The van der Waals surface area contributed by atoms with Gasteiger partial charge in [-0.3, -0.25) is 4.90 Å². The summed E-state index contributed by atoms with van der Waals surface area (Å²) in [6, 6.07) is 6.07. The lowest BCUT2D eigenvalue weighted by atomic mass is 10.0. The molecule has 0 unspecified atom stereocenters. The highest BCUT2D eigenvalue weighted by Crippen LogP contribution is 2.32. The van der Waals surface area contributed by atoms with Crippen LogP contribution in [0.15, 0.2) is 30.9 Å². The van der Waals surface area contributed by atoms with Crippen molar-refractivity contribution in [2.24, 2.45) is 0 Å². The Morgan fingerprint density at radius 3 is 2.84 bits per heavy atom. The summed E-state index contributed by atoms with van der Waals surface area (Å²) in [5.41, 5.74) is 3.01. The zero-order chi connectivity index (χ0) is 14.0. The Labute approximate surface area is 114 Å². The minimum absolute atomic E-state index is 0.262. The Hall–Kier alpha value is -1.77. The topological polar surface area (TPSA) is 29.5 Å². The van der Waals surface area contributed by atoms with E-state index in [1.165, 1.54) is 11.1 Å². The van der Waals surface area contributed by atoms with Gasteiger partial charge in [-0.2, -0.15) is 0 Å². The molecule has 19 heavy (non-hydrogen) atoms. The molecule has 1 aliphatic rings. The smallest absolute Gasteiger partial charge is 0.414 e. The van der Waals surface area contributed by atoms with Crippen molar-refractivity contribution in [3.8, 4) is 0 Å². The quantitative estimate of drug-likeness (QED) is 0.758. The van der Waals surface area contributed by atoms with Crippen LogP contribution in [0.4, 0.5) is 10.5 Å². The van der Waals surface area contributed by atoms with Crippen molar-refractivity contribution >= 4 is 11.8 Å². The number of ether oxygens (including phenoxy) is 1. The molecule has 0 atom stereocenters. The maximum absolute atomic E-state index is 12.2. The van der Waals surface area contributed by atoms with Gasteiger partial charge < -0.3 is 4.74 Å². The molecule has 2 rings (SSSR count). The van der Waals surface area contributed by atoms with E-state index in [0.717, 1.165) is 18.5 Å². The highest BCUT2D eigenvalue weighted by molar-refractivity contribution is 5.90. The molecule has 1 aromatic rings. The van der Waals surface area contributed by atoms with E-state index < -0.39 is 5.60 Å². The van der Waals surface area contributed by atoms with E-state index in [4.69, 9.17) is 4.74 Å². The third kappa shape index (κ3) is 2.98. The summed E-state index contributed by atoms with van der Waals surface area (Å²) >= 11 is 0. The Morgan fingerprint density at radius 2 is 2.21 bits per heavy atom. The van der Waals surface area contributed by atoms with Gasteiger partial charge in [0, 0.05) is 6.54 Å². The fourth-order valence-electron chi connectivity index (χ4n) is 2.36. The van der Waals surface area contributed by atoms with Crippen LogP contribution in [-0.4, -0.2) is 18.2 Å². The molecule has 1 aromatic carbocycles. The molecule has 0 bridgehead atoms. The standard InChI is InChI=1S/C16H21NO2/c1-5-7-12-8-6-9-14-13(12)10-11-17(14)15(18)19-16(2,3)4/h5-6,8-9H,1,7,10-11H2,2-4H3. The number of carbonyl (C=O) groups excluding carboxylic acids is 1. The van der Waals surface area contributed by atoms with Crippen molar-refractivity contribution in [1.29, 1.82) is 0 Å². The average molecular weight is 259 g/mol. The molecule has 0 radical (unpaired) electrons. The molecule has 0 aliphatic carbocycles. The van der Waals surface area contributed by atoms with E-state index in [9.17, 15) is 4.79 Å². The first-order chi connectivity index (χ1) is 8.92. The molecule has 102 valence electrons. The summed E-state index contributed by atoms with van der Waals surface area (Å²) in [7, 11) is 0. The van der Waals surface area contributed by atoms with E-state index in [1.807, 2.05) is 39.0 Å². The summed E-state index contributed by atoms with van der Waals surface area (Å²) in [5.74, 6) is 0. The number of anilines is 1. The van der Waals surface area contributed by atoms with Crippen LogP contribution in [0.5, 0.6) is 0 Å². The fourth-order valence-corrected chi connectivity index (χ4v) is 2.36. The van der Waals surface area contributed by atoms with E-state index in [-0.39, 0.29) is 6.09 Å². The van der Waals surface area contributed by atoms with Crippen LogP contribution in [0.3, 0.4) is 0 Å². The number of amides is 1. The van der Waals surface area contributed by atoms with Gasteiger partial charge in [0.25, 0.3) is 0 Å². The lowest BCUT2D eigenvalue weighted by molar-refractivity contribution is 0.0584. The molecule has 3 heteroatoms. The Kier molecular flexibility index (Phi) is 3.65. The largest absolute Gasteiger partial charge is 0.443 e. The summed E-state index contributed by atoms with van der Waals surface area (Å²) in [6.45, 7) is 10.1. The second kappa shape index (κ2) is 5.08. The molecule has 0 N–H and O–H groups in total. The summed E-state index contributed by atoms with van der Waals surface area (Å²) in [4.78, 5) is 13.9. The molecule has 1 aliphatic heterocycles. The van der Waals surface area contributed by atoms with Crippen molar-refractivity contribution < 1.29 is 9.53 Å². The Morgan fingerprint density at radius 1 is 1.47 bits per heavy atom. The van der Waals surface area contributed by atoms with Crippen LogP contribution in [0.1, 0.15) is 31.9 Å². The summed E-state index contributed by atoms with van der Waals surface area (Å²) in [5, 5.41) is 0. The van der Waals surface area contributed by atoms with Gasteiger partial charge in [0.2, 0.25) is 0 Å². The number of hydrogen-bond donors (Lipinski definition) is 0. The van der Waals surface area contributed by atoms with Gasteiger partial charge in [-0.25, -0.2) is 4.79 Å². The lowest BCUT2D eigenvalue weighted by Gasteiger charge is -2.24. The number of allylic oxidation sites excluding steroid dienone is 1. The SMILES string of the molecule is C=CCc1cccc2c1CCN2C(=O)OC(C)(C)C. The van der Waals surface area contributed by atoms with Crippen molar-refractivity contribution in [2.75, 3.05) is 11.4 Å². The molecule has 1 amide bonds. The van der Waals surface area contributed by atoms with Crippen LogP contribution >= 0.6 is 0 Å². The zero-order valence-corrected chi connectivity index (χ0v) is 11.9. The van der Waals surface area contributed by atoms with Gasteiger partial charge in [0.1, 0.15) is 5.60 Å². The van der Waals surface area contributed by atoms with E-state index >= 15 is 0 Å². The zero-order valence-electron chi connectivity index (χ0n) is 11.9. The predicted octanol–water partition coefficient (Wildman–Crippen LogP) is 3.71. The van der Waals surface area contributed by atoms with Crippen molar-refractivity contribution in [3.05, 3.63) is 42.0 Å². The number of benzene rings is 1. The van der Waals surface area contributed by atoms with Crippen LogP contribution < -0.4 is 4.90 Å². The molecule has 0 fully saturated rings. The minimum Gasteiger partial charge on any atom is -0.443 e. The van der Waals surface area contributed by atoms with Gasteiger partial charge in [0.05, 0.1) is 5.69 Å². The second-order valence-corrected chi connectivity index (χ2v) is 5.79. The maximum Gasteiger partial charge on any atom is 0.414 e. The van der Waals surface area contributed by atoms with Crippen LogP contribution in [0.25, 0.3) is 0 Å². The molecular weight excluding hydrogens is 238 g/mol. The highest BCUT2D eigenvalue weighted by Gasteiger charge is 2.29. The van der Waals surface area contributed by atoms with Gasteiger partial charge >= 0.3 is 6.09 Å². The van der Waals surface area contributed by atoms with Crippen molar-refractivity contribution in [1.82, 2.24) is 0 Å². The molecular formula is C16H21NO2. The average Bonchev–Trinajstić information content (AvgIpc) is 2.72. The van der Waals surface area contributed by atoms with E-state index in [1.54, 1.807) is 4.90 Å². The fraction of sp³-hybridized carbons (Fsp3) is 0.438. The second-order valence-electron chi connectivity index (χ2n) is 5.79. The van der Waals surface area contributed by atoms with Gasteiger partial charge in [-0.15, -0.1) is 6.58 Å². The van der Waals surface area contributed by atoms with Gasteiger partial charge in [-0.05, 0) is 50.8 Å². The number of fused-ring (bicyclic) bond motifs is 1. The lowest BCUT2D eigenvalue weighted by Crippen LogP contribution is -2.35. The molecule has 1 heterocycles. The van der Waals surface area contributed by atoms with Crippen LogP contribution in [0.2, 0.25) is 0 Å². The third-order valence-corrected chi connectivity index (χ3v) is 3.10. The maximum atomic E-state index is 12.2. The number of nitrogens with zero attached hydrogens (tertiary/aromatic N) is 1. The van der Waals surface area contributed by atoms with Crippen molar-refractivity contribution in [2.45, 2.75) is 39.2 Å². The highest BCUT2D eigenvalue weighted by atomic mass is 16.6. The number of hydrogen-bond acceptors (Lipinski definition) is 2. The Balaban J connectivity index is 2.25. The summed E-state index contributed by atoms with van der Waals surface area (Å²) < 4.78 is 5.45. The molecule has 3 nitrogen and oxygen atoms in total. The number of carbonyl (C=O) groups is 1. The molecule has 0 spiro atoms. The first kappa shape index (κ1) is 13.7. The molecule has 0 saturated carbocycles. The first-order valence-corrected chi connectivity index (χ1v) is 6.64. The third-order valence-electron chi connectivity index (χ3n) is 3.10. The minimum atomic E-state index is -0.460. The van der Waals surface area contributed by atoms with E-state index in [2.05, 4.69) is 12.6 Å². The molecule has 0 aromatic heterocycles. The first-order valence-electron chi connectivity index (χ1n) is 6.64. The normalized spacial score (nSPS) is 14.2. The van der Waals surface area contributed by atoms with Crippen LogP contribution in [-0.2, 0) is 17.6 Å². The van der Waals surface area contributed by atoms with Crippen LogP contribution in [0, 0.1) is 0 Å². The summed E-state index contributed by atoms with van der Waals surface area (Å²) in [6.07, 6.45) is 3.36. The van der Waals surface area contributed by atoms with Gasteiger partial charge in [0.15, 0.2) is 0 Å².